The lowest BCUT2D eigenvalue weighted by Gasteiger charge is -2.20. The van der Waals surface area contributed by atoms with Gasteiger partial charge in [0.15, 0.2) is 0 Å². The molecule has 3 rings (SSSR count). The Morgan fingerprint density at radius 2 is 1.48 bits per heavy atom. The van der Waals surface area contributed by atoms with Crippen molar-refractivity contribution in [1.82, 2.24) is 5.32 Å². The molecule has 158 valence electrons. The average Bonchev–Trinajstić information content (AvgIpc) is 2.76. The number of amides is 3. The zero-order valence-electron chi connectivity index (χ0n) is 16.9. The summed E-state index contributed by atoms with van der Waals surface area (Å²) in [5, 5.41) is 8.48. The summed E-state index contributed by atoms with van der Waals surface area (Å²) in [7, 11) is 0. The molecule has 1 atom stereocenters. The van der Waals surface area contributed by atoms with E-state index in [0.717, 1.165) is 10.0 Å². The minimum absolute atomic E-state index is 0.0224. The van der Waals surface area contributed by atoms with E-state index in [1.165, 1.54) is 6.92 Å². The van der Waals surface area contributed by atoms with Crippen LogP contribution >= 0.6 is 15.9 Å². The van der Waals surface area contributed by atoms with Gasteiger partial charge in [0.2, 0.25) is 11.8 Å². The maximum atomic E-state index is 12.9. The molecule has 0 fully saturated rings. The maximum absolute atomic E-state index is 12.9. The monoisotopic (exact) mass is 479 g/mol. The number of halogens is 1. The smallest absolute Gasteiger partial charge is 0.251 e. The van der Waals surface area contributed by atoms with Crippen molar-refractivity contribution < 1.29 is 14.4 Å². The van der Waals surface area contributed by atoms with Gasteiger partial charge in [-0.05, 0) is 35.9 Å². The van der Waals surface area contributed by atoms with Gasteiger partial charge in [0.05, 0.1) is 23.8 Å². The van der Waals surface area contributed by atoms with Gasteiger partial charge in [0.1, 0.15) is 0 Å². The molecule has 6 nitrogen and oxygen atoms in total. The summed E-state index contributed by atoms with van der Waals surface area (Å²) in [5.41, 5.74) is 2.30. The molecule has 0 heterocycles. The van der Waals surface area contributed by atoms with Crippen molar-refractivity contribution in [3.63, 3.8) is 0 Å². The molecule has 0 bridgehead atoms. The first-order valence-corrected chi connectivity index (χ1v) is 10.5. The number of carbonyl (C=O) groups excluding carboxylic acids is 3. The second-order valence-corrected chi connectivity index (χ2v) is 7.84. The highest BCUT2D eigenvalue weighted by atomic mass is 79.9. The molecular formula is C24H22BrN3O3. The van der Waals surface area contributed by atoms with Crippen LogP contribution in [0.3, 0.4) is 0 Å². The Hall–Kier alpha value is -3.45. The topological polar surface area (TPSA) is 87.3 Å². The molecule has 0 aliphatic heterocycles. The van der Waals surface area contributed by atoms with E-state index in [2.05, 4.69) is 31.9 Å². The van der Waals surface area contributed by atoms with Crippen molar-refractivity contribution in [2.45, 2.75) is 19.4 Å². The van der Waals surface area contributed by atoms with Crippen LogP contribution in [-0.2, 0) is 9.59 Å². The first-order chi connectivity index (χ1) is 14.9. The van der Waals surface area contributed by atoms with Gasteiger partial charge in [0.25, 0.3) is 5.91 Å². The van der Waals surface area contributed by atoms with E-state index in [4.69, 9.17) is 0 Å². The van der Waals surface area contributed by atoms with Crippen LogP contribution < -0.4 is 16.0 Å². The molecule has 1 unspecified atom stereocenters. The van der Waals surface area contributed by atoms with Crippen LogP contribution in [0.4, 0.5) is 11.4 Å². The number of hydrogen-bond donors (Lipinski definition) is 3. The highest BCUT2D eigenvalue weighted by molar-refractivity contribution is 9.10. The average molecular weight is 480 g/mol. The molecule has 0 aromatic heterocycles. The van der Waals surface area contributed by atoms with Crippen molar-refractivity contribution in [2.24, 2.45) is 0 Å². The highest BCUT2D eigenvalue weighted by Crippen LogP contribution is 2.27. The van der Waals surface area contributed by atoms with Gasteiger partial charge in [-0.15, -0.1) is 0 Å². The molecule has 0 aliphatic rings. The standard InChI is InChI=1S/C24H22BrN3O3/c1-16(29)26-20-13-12-19(25)14-22(20)27-23(30)15-21(17-8-4-2-5-9-17)28-24(31)18-10-6-3-7-11-18/h2-14,21H,15H2,1H3,(H,26,29)(H,27,30)(H,28,31). The second kappa shape index (κ2) is 10.5. The SMILES string of the molecule is CC(=O)Nc1ccc(Br)cc1NC(=O)CC(NC(=O)c1ccccc1)c1ccccc1. The minimum Gasteiger partial charge on any atom is -0.345 e. The van der Waals surface area contributed by atoms with Gasteiger partial charge in [-0.3, -0.25) is 14.4 Å². The summed E-state index contributed by atoms with van der Waals surface area (Å²) in [4.78, 5) is 37.0. The third-order valence-corrected chi connectivity index (χ3v) is 4.99. The van der Waals surface area contributed by atoms with Crippen molar-refractivity contribution in [3.05, 3.63) is 94.5 Å². The van der Waals surface area contributed by atoms with E-state index in [1.54, 1.807) is 42.5 Å². The molecule has 3 amide bonds. The van der Waals surface area contributed by atoms with Gasteiger partial charge >= 0.3 is 0 Å². The Labute approximate surface area is 189 Å². The lowest BCUT2D eigenvalue weighted by atomic mass is 10.0. The zero-order valence-corrected chi connectivity index (χ0v) is 18.5. The molecule has 0 radical (unpaired) electrons. The van der Waals surface area contributed by atoms with E-state index in [1.807, 2.05) is 36.4 Å². The van der Waals surface area contributed by atoms with Crippen molar-refractivity contribution >= 4 is 45.0 Å². The Kier molecular flexibility index (Phi) is 7.56. The molecule has 0 spiro atoms. The molecule has 31 heavy (non-hydrogen) atoms. The predicted octanol–water partition coefficient (Wildman–Crippen LogP) is 4.91. The van der Waals surface area contributed by atoms with E-state index in [-0.39, 0.29) is 24.1 Å². The fraction of sp³-hybridized carbons (Fsp3) is 0.125. The molecule has 7 heteroatoms. The first-order valence-electron chi connectivity index (χ1n) is 9.70. The molecular weight excluding hydrogens is 458 g/mol. The van der Waals surface area contributed by atoms with E-state index < -0.39 is 6.04 Å². The normalized spacial score (nSPS) is 11.3. The summed E-state index contributed by atoms with van der Waals surface area (Å²) in [6, 6.07) is 22.8. The van der Waals surface area contributed by atoms with E-state index in [9.17, 15) is 14.4 Å². The maximum Gasteiger partial charge on any atom is 0.251 e. The quantitative estimate of drug-likeness (QED) is 0.449. The first kappa shape index (κ1) is 22.2. The van der Waals surface area contributed by atoms with Crippen LogP contribution in [0.15, 0.2) is 83.3 Å². The molecule has 0 aliphatic carbocycles. The Morgan fingerprint density at radius 1 is 0.839 bits per heavy atom. The summed E-state index contributed by atoms with van der Waals surface area (Å²) in [6.45, 7) is 1.40. The summed E-state index contributed by atoms with van der Waals surface area (Å²) in [6.07, 6.45) is 0.0224. The molecule has 0 saturated carbocycles. The molecule has 3 N–H and O–H groups in total. The van der Waals surface area contributed by atoms with Gasteiger partial charge in [-0.25, -0.2) is 0 Å². The van der Waals surface area contributed by atoms with Gasteiger partial charge in [0, 0.05) is 17.0 Å². The number of benzene rings is 3. The summed E-state index contributed by atoms with van der Waals surface area (Å²) >= 11 is 3.38. The number of rotatable bonds is 7. The highest BCUT2D eigenvalue weighted by Gasteiger charge is 2.20. The summed E-state index contributed by atoms with van der Waals surface area (Å²) in [5.74, 6) is -0.800. The second-order valence-electron chi connectivity index (χ2n) is 6.93. The summed E-state index contributed by atoms with van der Waals surface area (Å²) < 4.78 is 0.758. The Morgan fingerprint density at radius 3 is 2.13 bits per heavy atom. The molecule has 3 aromatic carbocycles. The fourth-order valence-corrected chi connectivity index (χ4v) is 3.43. The van der Waals surface area contributed by atoms with E-state index >= 15 is 0 Å². The Balaban J connectivity index is 1.78. The fourth-order valence-electron chi connectivity index (χ4n) is 3.07. The predicted molar refractivity (Wildman–Crippen MR) is 125 cm³/mol. The van der Waals surface area contributed by atoms with Crippen LogP contribution in [0.2, 0.25) is 0 Å². The minimum atomic E-state index is -0.523. The van der Waals surface area contributed by atoms with Crippen molar-refractivity contribution in [2.75, 3.05) is 10.6 Å². The van der Waals surface area contributed by atoms with Gasteiger partial charge in [-0.2, -0.15) is 0 Å². The third-order valence-electron chi connectivity index (χ3n) is 4.50. The lowest BCUT2D eigenvalue weighted by molar-refractivity contribution is -0.117. The van der Waals surface area contributed by atoms with Gasteiger partial charge < -0.3 is 16.0 Å². The molecule has 0 saturated heterocycles. The number of hydrogen-bond acceptors (Lipinski definition) is 3. The Bertz CT molecular complexity index is 1070. The number of carbonyl (C=O) groups is 3. The largest absolute Gasteiger partial charge is 0.345 e. The van der Waals surface area contributed by atoms with Crippen molar-refractivity contribution in [3.8, 4) is 0 Å². The third kappa shape index (κ3) is 6.52. The van der Waals surface area contributed by atoms with Crippen molar-refractivity contribution in [1.29, 1.82) is 0 Å². The zero-order chi connectivity index (χ0) is 22.2. The van der Waals surface area contributed by atoms with Gasteiger partial charge in [-0.1, -0.05) is 64.5 Å². The van der Waals surface area contributed by atoms with Crippen LogP contribution in [0.5, 0.6) is 0 Å². The lowest BCUT2D eigenvalue weighted by Crippen LogP contribution is -2.31. The van der Waals surface area contributed by atoms with Crippen LogP contribution in [0, 0.1) is 0 Å². The number of anilines is 2. The van der Waals surface area contributed by atoms with Crippen LogP contribution in [-0.4, -0.2) is 17.7 Å². The molecule has 3 aromatic rings. The van der Waals surface area contributed by atoms with E-state index in [0.29, 0.717) is 16.9 Å². The van der Waals surface area contributed by atoms with Crippen LogP contribution in [0.25, 0.3) is 0 Å². The number of nitrogens with one attached hydrogen (secondary N) is 3. The van der Waals surface area contributed by atoms with Crippen LogP contribution in [0.1, 0.15) is 35.3 Å².